The van der Waals surface area contributed by atoms with Gasteiger partial charge in [-0.05, 0) is 29.8 Å². The molecular formula is C19H22F2N2O. The number of nitrogens with zero attached hydrogens (tertiary/aromatic N) is 1. The quantitative estimate of drug-likeness (QED) is 0.863. The molecule has 1 heterocycles. The molecule has 0 saturated carbocycles. The van der Waals surface area contributed by atoms with Gasteiger partial charge >= 0.3 is 0 Å². The van der Waals surface area contributed by atoms with E-state index in [0.29, 0.717) is 5.75 Å². The summed E-state index contributed by atoms with van der Waals surface area (Å²) in [7, 11) is 0. The van der Waals surface area contributed by atoms with Crippen LogP contribution in [0, 0.1) is 0 Å². The monoisotopic (exact) mass is 332 g/mol. The summed E-state index contributed by atoms with van der Waals surface area (Å²) >= 11 is 0. The first kappa shape index (κ1) is 16.9. The first-order valence-electron chi connectivity index (χ1n) is 8.28. The number of benzene rings is 2. The van der Waals surface area contributed by atoms with Crippen LogP contribution in [0.25, 0.3) is 0 Å². The van der Waals surface area contributed by atoms with E-state index in [-0.39, 0.29) is 12.5 Å². The molecule has 24 heavy (non-hydrogen) atoms. The minimum atomic E-state index is -2.31. The number of hydrogen-bond acceptors (Lipinski definition) is 3. The van der Waals surface area contributed by atoms with Crippen molar-refractivity contribution in [3.05, 3.63) is 60.2 Å². The van der Waals surface area contributed by atoms with Crippen molar-refractivity contribution < 1.29 is 13.5 Å². The molecule has 1 saturated heterocycles. The lowest BCUT2D eigenvalue weighted by molar-refractivity contribution is 0.0739. The first-order valence-corrected chi connectivity index (χ1v) is 8.28. The Morgan fingerprint density at radius 2 is 1.54 bits per heavy atom. The third kappa shape index (κ3) is 4.52. The minimum absolute atomic E-state index is 0.140. The van der Waals surface area contributed by atoms with Crippen molar-refractivity contribution in [1.82, 2.24) is 10.2 Å². The number of rotatable bonds is 6. The first-order chi connectivity index (χ1) is 11.7. The second-order valence-electron chi connectivity index (χ2n) is 5.91. The molecule has 128 valence electrons. The lowest BCUT2D eigenvalue weighted by atomic mass is 10.0. The zero-order valence-corrected chi connectivity index (χ0v) is 13.5. The molecule has 2 aromatic rings. The van der Waals surface area contributed by atoms with E-state index in [1.807, 2.05) is 54.6 Å². The highest BCUT2D eigenvalue weighted by molar-refractivity contribution is 5.34. The Labute approximate surface area is 141 Å². The number of halogens is 2. The van der Waals surface area contributed by atoms with Gasteiger partial charge in [0.05, 0.1) is 0 Å². The molecular weight excluding hydrogens is 310 g/mol. The van der Waals surface area contributed by atoms with Gasteiger partial charge in [-0.1, -0.05) is 30.3 Å². The van der Waals surface area contributed by atoms with E-state index in [1.54, 1.807) is 0 Å². The number of hydrogen-bond donors (Lipinski definition) is 1. The zero-order chi connectivity index (χ0) is 16.8. The van der Waals surface area contributed by atoms with Gasteiger partial charge in [-0.15, -0.1) is 0 Å². The third-order valence-electron chi connectivity index (χ3n) is 4.24. The van der Waals surface area contributed by atoms with Crippen LogP contribution < -0.4 is 10.1 Å². The fraction of sp³-hybridized carbons (Fsp3) is 0.368. The molecule has 3 nitrogen and oxygen atoms in total. The molecule has 0 aliphatic carbocycles. The Kier molecular flexibility index (Phi) is 5.77. The summed E-state index contributed by atoms with van der Waals surface area (Å²) in [6.45, 7) is 3.27. The Hall–Kier alpha value is -1.98. The summed E-state index contributed by atoms with van der Waals surface area (Å²) < 4.78 is 31.8. The maximum atomic E-state index is 13.0. The summed E-state index contributed by atoms with van der Waals surface area (Å²) in [6, 6.07) is 16.8. The summed E-state index contributed by atoms with van der Waals surface area (Å²) in [5.41, 5.74) is 0.914. The molecule has 5 heteroatoms. The van der Waals surface area contributed by atoms with E-state index in [4.69, 9.17) is 4.74 Å². The van der Waals surface area contributed by atoms with Crippen LogP contribution in [0.5, 0.6) is 11.5 Å². The van der Waals surface area contributed by atoms with Crippen molar-refractivity contribution in [2.75, 3.05) is 26.2 Å². The fourth-order valence-corrected chi connectivity index (χ4v) is 3.04. The van der Waals surface area contributed by atoms with E-state index in [1.165, 1.54) is 0 Å². The molecule has 0 aromatic heterocycles. The van der Waals surface area contributed by atoms with Crippen LogP contribution >= 0.6 is 0 Å². The van der Waals surface area contributed by atoms with Gasteiger partial charge in [-0.2, -0.15) is 0 Å². The molecule has 0 spiro atoms. The van der Waals surface area contributed by atoms with E-state index >= 15 is 0 Å². The van der Waals surface area contributed by atoms with Crippen molar-refractivity contribution in [1.29, 1.82) is 0 Å². The van der Waals surface area contributed by atoms with Gasteiger partial charge in [0.2, 0.25) is 6.43 Å². The Bertz CT molecular complexity index is 613. The van der Waals surface area contributed by atoms with Crippen LogP contribution in [0.15, 0.2) is 54.6 Å². The summed E-state index contributed by atoms with van der Waals surface area (Å²) in [4.78, 5) is 2.13. The normalized spacial score (nSPS) is 17.0. The predicted octanol–water partition coefficient (Wildman–Crippen LogP) is 4.08. The molecule has 0 unspecified atom stereocenters. The molecule has 0 radical (unpaired) electrons. The average molecular weight is 332 g/mol. The number of piperazine rings is 1. The molecule has 2 aromatic carbocycles. The summed E-state index contributed by atoms with van der Waals surface area (Å²) in [5.74, 6) is 1.47. The average Bonchev–Trinajstić information content (AvgIpc) is 2.62. The fourth-order valence-electron chi connectivity index (χ4n) is 3.04. The zero-order valence-electron chi connectivity index (χ0n) is 13.5. The van der Waals surface area contributed by atoms with Gasteiger partial charge < -0.3 is 10.1 Å². The highest BCUT2D eigenvalue weighted by Gasteiger charge is 2.25. The number of para-hydroxylation sites is 1. The molecule has 0 bridgehead atoms. The molecule has 1 N–H and O–H groups in total. The van der Waals surface area contributed by atoms with Crippen molar-refractivity contribution in [3.63, 3.8) is 0 Å². The van der Waals surface area contributed by atoms with Gasteiger partial charge in [0, 0.05) is 38.6 Å². The molecule has 0 amide bonds. The molecule has 3 rings (SSSR count). The van der Waals surface area contributed by atoms with Crippen molar-refractivity contribution in [2.45, 2.75) is 18.9 Å². The number of nitrogens with one attached hydrogen (secondary N) is 1. The Balaban J connectivity index is 1.73. The molecule has 1 fully saturated rings. The summed E-state index contributed by atoms with van der Waals surface area (Å²) in [6.07, 6.45) is -2.45. The van der Waals surface area contributed by atoms with Gasteiger partial charge in [-0.3, -0.25) is 4.90 Å². The standard InChI is InChI=1S/C19H22F2N2O/c20-19(21)14-18(23-12-10-22-11-13-23)15-6-8-17(9-7-15)24-16-4-2-1-3-5-16/h1-9,18-19,22H,10-14H2/t18-/m0/s1. The largest absolute Gasteiger partial charge is 0.457 e. The lowest BCUT2D eigenvalue weighted by Gasteiger charge is -2.35. The van der Waals surface area contributed by atoms with E-state index in [2.05, 4.69) is 10.2 Å². The third-order valence-corrected chi connectivity index (χ3v) is 4.24. The van der Waals surface area contributed by atoms with Crippen molar-refractivity contribution in [3.8, 4) is 11.5 Å². The smallest absolute Gasteiger partial charge is 0.240 e. The predicted molar refractivity (Wildman–Crippen MR) is 90.8 cm³/mol. The molecule has 1 atom stereocenters. The Morgan fingerprint density at radius 1 is 0.917 bits per heavy atom. The van der Waals surface area contributed by atoms with Crippen molar-refractivity contribution >= 4 is 0 Å². The Morgan fingerprint density at radius 3 is 2.17 bits per heavy atom. The van der Waals surface area contributed by atoms with Crippen LogP contribution in [0.1, 0.15) is 18.0 Å². The number of alkyl halides is 2. The second kappa shape index (κ2) is 8.22. The van der Waals surface area contributed by atoms with Crippen LogP contribution in [-0.4, -0.2) is 37.5 Å². The van der Waals surface area contributed by atoms with Gasteiger partial charge in [0.15, 0.2) is 0 Å². The van der Waals surface area contributed by atoms with E-state index in [9.17, 15) is 8.78 Å². The maximum absolute atomic E-state index is 13.0. The lowest BCUT2D eigenvalue weighted by Crippen LogP contribution is -2.45. The van der Waals surface area contributed by atoms with Crippen molar-refractivity contribution in [2.24, 2.45) is 0 Å². The highest BCUT2D eigenvalue weighted by Crippen LogP contribution is 2.30. The SMILES string of the molecule is FC(F)C[C@@H](c1ccc(Oc2ccccc2)cc1)N1CCNCC1. The van der Waals surface area contributed by atoms with Crippen LogP contribution in [0.4, 0.5) is 8.78 Å². The molecule has 1 aliphatic rings. The van der Waals surface area contributed by atoms with Gasteiger partial charge in [-0.25, -0.2) is 8.78 Å². The summed E-state index contributed by atoms with van der Waals surface area (Å²) in [5, 5.41) is 3.26. The molecule has 1 aliphatic heterocycles. The van der Waals surface area contributed by atoms with Gasteiger partial charge in [0.25, 0.3) is 0 Å². The topological polar surface area (TPSA) is 24.5 Å². The maximum Gasteiger partial charge on any atom is 0.240 e. The van der Waals surface area contributed by atoms with Crippen LogP contribution in [0.3, 0.4) is 0 Å². The number of ether oxygens (including phenoxy) is 1. The highest BCUT2D eigenvalue weighted by atomic mass is 19.3. The van der Waals surface area contributed by atoms with Crippen LogP contribution in [0.2, 0.25) is 0 Å². The van der Waals surface area contributed by atoms with Crippen LogP contribution in [-0.2, 0) is 0 Å². The minimum Gasteiger partial charge on any atom is -0.457 e. The van der Waals surface area contributed by atoms with E-state index < -0.39 is 6.43 Å². The van der Waals surface area contributed by atoms with E-state index in [0.717, 1.165) is 37.5 Å². The second-order valence-corrected chi connectivity index (χ2v) is 5.91. The van der Waals surface area contributed by atoms with Gasteiger partial charge in [0.1, 0.15) is 11.5 Å².